The van der Waals surface area contributed by atoms with Gasteiger partial charge in [-0.05, 0) is 12.8 Å². The van der Waals surface area contributed by atoms with Crippen LogP contribution in [-0.2, 0) is 0 Å². The van der Waals surface area contributed by atoms with Gasteiger partial charge in [0.25, 0.3) is 0 Å². The first-order valence-electron chi connectivity index (χ1n) is 2.82. The molecule has 0 radical (unpaired) electrons. The Morgan fingerprint density at radius 2 is 1.38 bits per heavy atom. The van der Waals surface area contributed by atoms with Gasteiger partial charge in [0.05, 0.1) is 0 Å². The molecule has 0 fully saturated rings. The summed E-state index contributed by atoms with van der Waals surface area (Å²) in [5.74, 6) is 0. The number of allylic oxidation sites excluding steroid dienone is 2. The first-order chi connectivity index (χ1) is 3.80. The summed E-state index contributed by atoms with van der Waals surface area (Å²) in [6.45, 7) is 0. The van der Waals surface area contributed by atoms with Crippen molar-refractivity contribution < 1.29 is 0 Å². The Hall–Kier alpha value is 0.440. The van der Waals surface area contributed by atoms with E-state index in [0.29, 0.717) is 10.5 Å². The lowest BCUT2D eigenvalue weighted by Gasteiger charge is -2.18. The van der Waals surface area contributed by atoms with E-state index in [9.17, 15) is 0 Å². The molecule has 0 spiro atoms. The van der Waals surface area contributed by atoms with E-state index in [0.717, 1.165) is 12.8 Å². The fourth-order valence-corrected chi connectivity index (χ4v) is 1.27. The van der Waals surface area contributed by atoms with Crippen LogP contribution in [0, 0.1) is 0 Å². The first kappa shape index (κ1) is 6.56. The van der Waals surface area contributed by atoms with Crippen molar-refractivity contribution in [2.45, 2.75) is 23.3 Å². The summed E-state index contributed by atoms with van der Waals surface area (Å²) in [7, 11) is 0. The van der Waals surface area contributed by atoms with E-state index >= 15 is 0 Å². The van der Waals surface area contributed by atoms with Gasteiger partial charge >= 0.3 is 0 Å². The quantitative estimate of drug-likeness (QED) is 0.379. The van der Waals surface area contributed by atoms with Crippen molar-refractivity contribution in [3.63, 3.8) is 0 Å². The average molecular weight is 146 g/mol. The van der Waals surface area contributed by atoms with Crippen molar-refractivity contribution in [1.29, 1.82) is 0 Å². The van der Waals surface area contributed by atoms with Gasteiger partial charge in [0.2, 0.25) is 0 Å². The van der Waals surface area contributed by atoms with Crippen LogP contribution in [0.5, 0.6) is 0 Å². The molecule has 0 N–H and O–H groups in total. The van der Waals surface area contributed by atoms with Crippen LogP contribution in [0.4, 0.5) is 0 Å². The van der Waals surface area contributed by atoms with Gasteiger partial charge in [0.15, 0.2) is 0 Å². The third kappa shape index (κ3) is 1.46. The summed E-state index contributed by atoms with van der Waals surface area (Å²) in [5.41, 5.74) is 0. The number of thiol groups is 2. The molecule has 0 aromatic heterocycles. The minimum absolute atomic E-state index is 0.475. The molecule has 0 saturated heterocycles. The predicted molar refractivity (Wildman–Crippen MR) is 43.9 cm³/mol. The lowest BCUT2D eigenvalue weighted by Crippen LogP contribution is -2.16. The summed E-state index contributed by atoms with van der Waals surface area (Å²) in [4.78, 5) is 0. The lowest BCUT2D eigenvalue weighted by molar-refractivity contribution is 0.776. The Balaban J connectivity index is 2.44. The van der Waals surface area contributed by atoms with Crippen LogP contribution in [0.25, 0.3) is 0 Å². The molecule has 8 heavy (non-hydrogen) atoms. The Morgan fingerprint density at radius 3 is 1.62 bits per heavy atom. The molecule has 0 aliphatic heterocycles. The third-order valence-corrected chi connectivity index (χ3v) is 2.74. The van der Waals surface area contributed by atoms with Gasteiger partial charge in [0, 0.05) is 10.5 Å². The second-order valence-electron chi connectivity index (χ2n) is 2.08. The van der Waals surface area contributed by atoms with E-state index in [2.05, 4.69) is 37.4 Å². The summed E-state index contributed by atoms with van der Waals surface area (Å²) in [5, 5.41) is 0.951. The van der Waals surface area contributed by atoms with Crippen LogP contribution < -0.4 is 0 Å². The van der Waals surface area contributed by atoms with Gasteiger partial charge in [-0.3, -0.25) is 0 Å². The van der Waals surface area contributed by atoms with E-state index in [1.807, 2.05) is 0 Å². The van der Waals surface area contributed by atoms with Crippen molar-refractivity contribution in [2.75, 3.05) is 0 Å². The highest BCUT2D eigenvalue weighted by molar-refractivity contribution is 7.85. The molecule has 2 heteroatoms. The molecule has 0 heterocycles. The van der Waals surface area contributed by atoms with Crippen LogP contribution in [0.3, 0.4) is 0 Å². The largest absolute Gasteiger partial charge is 0.174 e. The molecule has 0 amide bonds. The van der Waals surface area contributed by atoms with Crippen molar-refractivity contribution in [3.05, 3.63) is 12.2 Å². The fourth-order valence-electron chi connectivity index (χ4n) is 0.785. The van der Waals surface area contributed by atoms with E-state index in [1.165, 1.54) is 0 Å². The Labute approximate surface area is 61.2 Å². The summed E-state index contributed by atoms with van der Waals surface area (Å²) < 4.78 is 0. The predicted octanol–water partition coefficient (Wildman–Crippen LogP) is 1.93. The minimum atomic E-state index is 0.475. The zero-order valence-electron chi connectivity index (χ0n) is 4.62. The van der Waals surface area contributed by atoms with Crippen LogP contribution in [0.2, 0.25) is 0 Å². The zero-order valence-corrected chi connectivity index (χ0v) is 6.41. The van der Waals surface area contributed by atoms with Crippen LogP contribution >= 0.6 is 25.3 Å². The molecule has 2 unspecified atom stereocenters. The molecule has 0 bridgehead atoms. The van der Waals surface area contributed by atoms with Gasteiger partial charge in [-0.2, -0.15) is 25.3 Å². The van der Waals surface area contributed by atoms with Crippen molar-refractivity contribution in [2.24, 2.45) is 0 Å². The highest BCUT2D eigenvalue weighted by Gasteiger charge is 2.13. The third-order valence-electron chi connectivity index (χ3n) is 1.37. The molecular formula is C6H10S2. The molecule has 0 aromatic carbocycles. The SMILES string of the molecule is SC1CC=CCC1S. The van der Waals surface area contributed by atoms with Crippen molar-refractivity contribution >= 4 is 25.3 Å². The molecule has 0 aromatic rings. The van der Waals surface area contributed by atoms with Crippen LogP contribution in [0.15, 0.2) is 12.2 Å². The highest BCUT2D eigenvalue weighted by atomic mass is 32.1. The molecule has 1 rings (SSSR count). The van der Waals surface area contributed by atoms with Gasteiger partial charge in [-0.1, -0.05) is 12.2 Å². The fraction of sp³-hybridized carbons (Fsp3) is 0.667. The molecule has 0 saturated carbocycles. The number of rotatable bonds is 0. The average Bonchev–Trinajstić information content (AvgIpc) is 1.77. The maximum atomic E-state index is 4.33. The van der Waals surface area contributed by atoms with E-state index in [4.69, 9.17) is 0 Å². The second-order valence-corrected chi connectivity index (χ2v) is 3.40. The maximum absolute atomic E-state index is 4.33. The smallest absolute Gasteiger partial charge is 0.0171 e. The van der Waals surface area contributed by atoms with Crippen LogP contribution in [-0.4, -0.2) is 10.5 Å². The molecule has 46 valence electrons. The highest BCUT2D eigenvalue weighted by Crippen LogP contribution is 2.21. The van der Waals surface area contributed by atoms with Crippen molar-refractivity contribution in [3.8, 4) is 0 Å². The topological polar surface area (TPSA) is 0 Å². The summed E-state index contributed by atoms with van der Waals surface area (Å²) in [6.07, 6.45) is 6.50. The van der Waals surface area contributed by atoms with E-state index < -0.39 is 0 Å². The van der Waals surface area contributed by atoms with Gasteiger partial charge in [-0.25, -0.2) is 0 Å². The number of hydrogen-bond donors (Lipinski definition) is 2. The minimum Gasteiger partial charge on any atom is -0.174 e. The van der Waals surface area contributed by atoms with Gasteiger partial charge < -0.3 is 0 Å². The van der Waals surface area contributed by atoms with E-state index in [-0.39, 0.29) is 0 Å². The normalized spacial score (nSPS) is 37.8. The Bertz CT molecular complexity index is 86.7. The van der Waals surface area contributed by atoms with Crippen LogP contribution in [0.1, 0.15) is 12.8 Å². The molecule has 1 aliphatic carbocycles. The summed E-state index contributed by atoms with van der Waals surface area (Å²) >= 11 is 8.66. The first-order valence-corrected chi connectivity index (χ1v) is 3.85. The molecule has 2 atom stereocenters. The number of hydrogen-bond acceptors (Lipinski definition) is 2. The second kappa shape index (κ2) is 2.83. The Kier molecular flexibility index (Phi) is 2.32. The zero-order chi connectivity index (χ0) is 5.98. The van der Waals surface area contributed by atoms with Gasteiger partial charge in [0.1, 0.15) is 0 Å². The van der Waals surface area contributed by atoms with E-state index in [1.54, 1.807) is 0 Å². The standard InChI is InChI=1S/C6H10S2/c7-5-3-1-2-4-6(5)8/h1-2,5-8H,3-4H2. The summed E-state index contributed by atoms with van der Waals surface area (Å²) in [6, 6.07) is 0. The Morgan fingerprint density at radius 1 is 1.00 bits per heavy atom. The van der Waals surface area contributed by atoms with Gasteiger partial charge in [-0.15, -0.1) is 0 Å². The lowest BCUT2D eigenvalue weighted by atomic mass is 10.1. The molecule has 0 nitrogen and oxygen atoms in total. The molecule has 1 aliphatic rings. The maximum Gasteiger partial charge on any atom is 0.0171 e. The molecular weight excluding hydrogens is 136 g/mol. The van der Waals surface area contributed by atoms with Crippen molar-refractivity contribution in [1.82, 2.24) is 0 Å². The monoisotopic (exact) mass is 146 g/mol.